The van der Waals surface area contributed by atoms with Crippen molar-refractivity contribution in [2.24, 2.45) is 5.92 Å². The van der Waals surface area contributed by atoms with Crippen LogP contribution in [0.2, 0.25) is 0 Å². The van der Waals surface area contributed by atoms with E-state index in [0.717, 1.165) is 6.42 Å². The number of nitrogens with one attached hydrogen (secondary N) is 1. The molecule has 0 heterocycles. The molecule has 0 bridgehead atoms. The van der Waals surface area contributed by atoms with Crippen molar-refractivity contribution in [1.29, 1.82) is 0 Å². The van der Waals surface area contributed by atoms with Crippen LogP contribution in [0.4, 0.5) is 0 Å². The highest BCUT2D eigenvalue weighted by Gasteiger charge is 2.15. The highest BCUT2D eigenvalue weighted by Crippen LogP contribution is 2.06. The van der Waals surface area contributed by atoms with E-state index in [4.69, 9.17) is 10.2 Å². The molecule has 2 atom stereocenters. The third kappa shape index (κ3) is 2.64. The third-order valence-electron chi connectivity index (χ3n) is 1.90. The van der Waals surface area contributed by atoms with Crippen molar-refractivity contribution >= 4 is 0 Å². The van der Waals surface area contributed by atoms with E-state index in [1.165, 1.54) is 0 Å². The summed E-state index contributed by atoms with van der Waals surface area (Å²) in [5.41, 5.74) is 0. The Bertz CT molecular complexity index is 60.0. The molecule has 2 unspecified atom stereocenters. The summed E-state index contributed by atoms with van der Waals surface area (Å²) in [6.45, 7) is 2.24. The Morgan fingerprint density at radius 3 is 2.00 bits per heavy atom. The van der Waals surface area contributed by atoms with Crippen molar-refractivity contribution in [1.82, 2.24) is 5.32 Å². The summed E-state index contributed by atoms with van der Waals surface area (Å²) < 4.78 is 0. The lowest BCUT2D eigenvalue weighted by molar-refractivity contribution is 0.142. The normalized spacial score (nSPS) is 16.8. The molecule has 0 saturated heterocycles. The SMILES string of the molecule is CCC(CO)C(CO)NC. The van der Waals surface area contributed by atoms with Gasteiger partial charge in [-0.15, -0.1) is 0 Å². The summed E-state index contributed by atoms with van der Waals surface area (Å²) in [5.74, 6) is 0.176. The second-order valence-corrected chi connectivity index (χ2v) is 2.43. The van der Waals surface area contributed by atoms with Gasteiger partial charge in [-0.1, -0.05) is 6.92 Å². The summed E-state index contributed by atoms with van der Waals surface area (Å²) in [4.78, 5) is 0. The molecule has 0 aromatic carbocycles. The van der Waals surface area contributed by atoms with Gasteiger partial charge < -0.3 is 15.5 Å². The van der Waals surface area contributed by atoms with Crippen LogP contribution in [0.25, 0.3) is 0 Å². The van der Waals surface area contributed by atoms with Gasteiger partial charge in [-0.2, -0.15) is 0 Å². The average molecular weight is 147 g/mol. The minimum Gasteiger partial charge on any atom is -0.396 e. The Balaban J connectivity index is 3.70. The van der Waals surface area contributed by atoms with Gasteiger partial charge in [0.1, 0.15) is 0 Å². The molecule has 0 aliphatic carbocycles. The number of hydrogen-bond donors (Lipinski definition) is 3. The third-order valence-corrected chi connectivity index (χ3v) is 1.90. The lowest BCUT2D eigenvalue weighted by Gasteiger charge is -2.21. The summed E-state index contributed by atoms with van der Waals surface area (Å²) in [7, 11) is 1.79. The predicted molar refractivity (Wildman–Crippen MR) is 40.8 cm³/mol. The summed E-state index contributed by atoms with van der Waals surface area (Å²) in [6, 6.07) is 0.0370. The van der Waals surface area contributed by atoms with Gasteiger partial charge in [0.2, 0.25) is 0 Å². The standard InChI is InChI=1S/C7H17NO2/c1-3-6(4-9)7(5-10)8-2/h6-10H,3-5H2,1-2H3. The second-order valence-electron chi connectivity index (χ2n) is 2.43. The van der Waals surface area contributed by atoms with Gasteiger partial charge in [0.25, 0.3) is 0 Å². The Kier molecular flexibility index (Phi) is 5.58. The second kappa shape index (κ2) is 5.65. The van der Waals surface area contributed by atoms with E-state index < -0.39 is 0 Å². The fourth-order valence-electron chi connectivity index (χ4n) is 1.02. The van der Waals surface area contributed by atoms with E-state index in [1.54, 1.807) is 7.05 Å². The molecule has 3 heteroatoms. The molecule has 0 spiro atoms. The molecule has 3 N–H and O–H groups in total. The van der Waals surface area contributed by atoms with E-state index in [-0.39, 0.29) is 25.2 Å². The first kappa shape index (κ1) is 9.88. The van der Waals surface area contributed by atoms with Gasteiger partial charge in [-0.3, -0.25) is 0 Å². The highest BCUT2D eigenvalue weighted by atomic mass is 16.3. The Labute approximate surface area is 62.1 Å². The van der Waals surface area contributed by atoms with Crippen molar-refractivity contribution in [3.63, 3.8) is 0 Å². The lowest BCUT2D eigenvalue weighted by Crippen LogP contribution is -2.38. The maximum Gasteiger partial charge on any atom is 0.0588 e. The molecule has 0 fully saturated rings. The van der Waals surface area contributed by atoms with Gasteiger partial charge >= 0.3 is 0 Å². The van der Waals surface area contributed by atoms with Crippen LogP contribution in [0.1, 0.15) is 13.3 Å². The van der Waals surface area contributed by atoms with Crippen molar-refractivity contribution < 1.29 is 10.2 Å². The van der Waals surface area contributed by atoms with Gasteiger partial charge in [-0.25, -0.2) is 0 Å². The molecule has 0 rings (SSSR count). The van der Waals surface area contributed by atoms with Crippen LogP contribution in [0.3, 0.4) is 0 Å². The van der Waals surface area contributed by atoms with Crippen LogP contribution in [0.5, 0.6) is 0 Å². The van der Waals surface area contributed by atoms with Crippen molar-refractivity contribution in [3.05, 3.63) is 0 Å². The maximum atomic E-state index is 8.81. The first-order chi connectivity index (χ1) is 4.79. The number of rotatable bonds is 5. The molecule has 3 nitrogen and oxygen atoms in total. The lowest BCUT2D eigenvalue weighted by atomic mass is 9.99. The van der Waals surface area contributed by atoms with Crippen LogP contribution in [0, 0.1) is 5.92 Å². The first-order valence-corrected chi connectivity index (χ1v) is 3.69. The summed E-state index contributed by atoms with van der Waals surface area (Å²) >= 11 is 0. The number of likely N-dealkylation sites (N-methyl/N-ethyl adjacent to an activating group) is 1. The molecule has 0 saturated carbocycles. The minimum absolute atomic E-state index is 0.0370. The molecule has 0 aliphatic rings. The largest absolute Gasteiger partial charge is 0.396 e. The Morgan fingerprint density at radius 1 is 1.30 bits per heavy atom. The number of aliphatic hydroxyl groups is 2. The maximum absolute atomic E-state index is 8.81. The zero-order valence-corrected chi connectivity index (χ0v) is 6.67. The molecular weight excluding hydrogens is 130 g/mol. The average Bonchev–Trinajstić information content (AvgIpc) is 2.00. The van der Waals surface area contributed by atoms with Crippen molar-refractivity contribution in [3.8, 4) is 0 Å². The van der Waals surface area contributed by atoms with Crippen LogP contribution in [0.15, 0.2) is 0 Å². The van der Waals surface area contributed by atoms with Crippen molar-refractivity contribution in [2.45, 2.75) is 19.4 Å². The fraction of sp³-hybridized carbons (Fsp3) is 1.00. The van der Waals surface area contributed by atoms with Crippen LogP contribution in [-0.2, 0) is 0 Å². The molecule has 10 heavy (non-hydrogen) atoms. The molecule has 0 aliphatic heterocycles. The van der Waals surface area contributed by atoms with Crippen LogP contribution < -0.4 is 5.32 Å². The van der Waals surface area contributed by atoms with Crippen molar-refractivity contribution in [2.75, 3.05) is 20.3 Å². The first-order valence-electron chi connectivity index (χ1n) is 3.69. The van der Waals surface area contributed by atoms with Gasteiger partial charge in [0.05, 0.1) is 6.61 Å². The Hall–Kier alpha value is -0.120. The quantitative estimate of drug-likeness (QED) is 0.495. The van der Waals surface area contributed by atoms with E-state index in [2.05, 4.69) is 5.32 Å². The van der Waals surface area contributed by atoms with Gasteiger partial charge in [0.15, 0.2) is 0 Å². The van der Waals surface area contributed by atoms with E-state index in [9.17, 15) is 0 Å². The highest BCUT2D eigenvalue weighted by molar-refractivity contribution is 4.71. The smallest absolute Gasteiger partial charge is 0.0588 e. The zero-order valence-electron chi connectivity index (χ0n) is 6.67. The summed E-state index contributed by atoms with van der Waals surface area (Å²) in [6.07, 6.45) is 0.891. The van der Waals surface area contributed by atoms with Gasteiger partial charge in [-0.05, 0) is 19.4 Å². The molecule has 62 valence electrons. The minimum atomic E-state index is 0.0370. The molecule has 0 radical (unpaired) electrons. The van der Waals surface area contributed by atoms with Crippen LogP contribution >= 0.6 is 0 Å². The van der Waals surface area contributed by atoms with E-state index >= 15 is 0 Å². The van der Waals surface area contributed by atoms with Crippen LogP contribution in [-0.4, -0.2) is 36.5 Å². The number of aliphatic hydroxyl groups excluding tert-OH is 2. The van der Waals surface area contributed by atoms with E-state index in [0.29, 0.717) is 0 Å². The predicted octanol–water partition coefficient (Wildman–Crippen LogP) is -0.415. The van der Waals surface area contributed by atoms with E-state index in [1.807, 2.05) is 6.92 Å². The molecule has 0 aromatic rings. The Morgan fingerprint density at radius 2 is 1.90 bits per heavy atom. The fourth-order valence-corrected chi connectivity index (χ4v) is 1.02. The molecule has 0 amide bonds. The topological polar surface area (TPSA) is 52.5 Å². The zero-order chi connectivity index (χ0) is 7.98. The monoisotopic (exact) mass is 147 g/mol. The summed E-state index contributed by atoms with van der Waals surface area (Å²) in [5, 5.41) is 20.5. The van der Waals surface area contributed by atoms with Gasteiger partial charge in [0, 0.05) is 12.6 Å². The number of hydrogen-bond acceptors (Lipinski definition) is 3. The molecular formula is C7H17NO2. The molecule has 0 aromatic heterocycles.